The van der Waals surface area contributed by atoms with Gasteiger partial charge in [-0.05, 0) is 43.7 Å². The summed E-state index contributed by atoms with van der Waals surface area (Å²) in [6.07, 6.45) is 5.32. The molecule has 10 nitrogen and oxygen atoms in total. The Kier molecular flexibility index (Phi) is 6.80. The lowest BCUT2D eigenvalue weighted by Gasteiger charge is -2.31. The van der Waals surface area contributed by atoms with Crippen LogP contribution in [0.5, 0.6) is 11.5 Å². The molecule has 0 spiro atoms. The first-order valence-corrected chi connectivity index (χ1v) is 12.9. The zero-order valence-electron chi connectivity index (χ0n) is 19.3. The maximum absolute atomic E-state index is 12.4. The van der Waals surface area contributed by atoms with Gasteiger partial charge in [0.1, 0.15) is 0 Å². The van der Waals surface area contributed by atoms with E-state index < -0.39 is 11.9 Å². The van der Waals surface area contributed by atoms with Crippen LogP contribution in [0.15, 0.2) is 23.4 Å². The first-order valence-electron chi connectivity index (χ1n) is 11.9. The molecule has 34 heavy (non-hydrogen) atoms. The maximum Gasteiger partial charge on any atom is 0.325 e. The van der Waals surface area contributed by atoms with Crippen molar-refractivity contribution in [1.29, 1.82) is 0 Å². The molecule has 0 atom stereocenters. The number of thioether (sulfide) groups is 1. The van der Waals surface area contributed by atoms with Gasteiger partial charge in [0.25, 0.3) is 0 Å². The summed E-state index contributed by atoms with van der Waals surface area (Å²) in [6, 6.07) is 4.97. The Morgan fingerprint density at radius 3 is 2.62 bits per heavy atom. The molecule has 3 amide bonds. The van der Waals surface area contributed by atoms with Crippen LogP contribution in [0, 0.1) is 5.92 Å². The molecule has 11 heteroatoms. The smallest absolute Gasteiger partial charge is 0.325 e. The number of amides is 3. The predicted molar refractivity (Wildman–Crippen MR) is 129 cm³/mol. The van der Waals surface area contributed by atoms with Crippen LogP contribution in [0.1, 0.15) is 45.1 Å². The minimum Gasteiger partial charge on any atom is -0.490 e. The van der Waals surface area contributed by atoms with Crippen LogP contribution < -0.4 is 25.0 Å². The van der Waals surface area contributed by atoms with Crippen molar-refractivity contribution in [3.05, 3.63) is 18.2 Å². The van der Waals surface area contributed by atoms with Crippen molar-refractivity contribution in [2.45, 2.75) is 50.2 Å². The SMILES string of the molecule is CC1CCN(c2nnc(SCC(=O)NC(=O)Nc3ccc4c(c3)OCCCO4)n2C2CC2)CC1. The van der Waals surface area contributed by atoms with E-state index in [2.05, 4.69) is 37.2 Å². The van der Waals surface area contributed by atoms with Crippen molar-refractivity contribution < 1.29 is 19.1 Å². The molecule has 2 fully saturated rings. The number of carbonyl (C=O) groups excluding carboxylic acids is 2. The minimum atomic E-state index is -0.591. The summed E-state index contributed by atoms with van der Waals surface area (Å²) in [4.78, 5) is 27.1. The van der Waals surface area contributed by atoms with Gasteiger partial charge in [-0.15, -0.1) is 10.2 Å². The molecule has 1 saturated heterocycles. The summed E-state index contributed by atoms with van der Waals surface area (Å²) in [7, 11) is 0. The summed E-state index contributed by atoms with van der Waals surface area (Å²) in [6.45, 7) is 5.41. The Balaban J connectivity index is 1.15. The van der Waals surface area contributed by atoms with Crippen molar-refractivity contribution in [2.24, 2.45) is 5.92 Å². The maximum atomic E-state index is 12.4. The van der Waals surface area contributed by atoms with Gasteiger partial charge in [-0.2, -0.15) is 0 Å². The fraction of sp³-hybridized carbons (Fsp3) is 0.565. The van der Waals surface area contributed by atoms with Gasteiger partial charge < -0.3 is 19.7 Å². The Bertz CT molecular complexity index is 1050. The molecule has 1 aromatic carbocycles. The fourth-order valence-electron chi connectivity index (χ4n) is 4.14. The first kappa shape index (κ1) is 22.8. The Morgan fingerprint density at radius 2 is 1.85 bits per heavy atom. The number of piperidine rings is 1. The van der Waals surface area contributed by atoms with E-state index in [0.717, 1.165) is 62.2 Å². The minimum absolute atomic E-state index is 0.0798. The largest absolute Gasteiger partial charge is 0.490 e. The van der Waals surface area contributed by atoms with Crippen LogP contribution in [-0.2, 0) is 4.79 Å². The van der Waals surface area contributed by atoms with Crippen molar-refractivity contribution in [1.82, 2.24) is 20.1 Å². The molecule has 5 rings (SSSR count). The van der Waals surface area contributed by atoms with Crippen molar-refractivity contribution >= 4 is 35.3 Å². The number of urea groups is 1. The van der Waals surface area contributed by atoms with Crippen LogP contribution in [-0.4, -0.2) is 58.8 Å². The van der Waals surface area contributed by atoms with Gasteiger partial charge in [0, 0.05) is 37.3 Å². The van der Waals surface area contributed by atoms with Crippen molar-refractivity contribution in [2.75, 3.05) is 42.3 Å². The van der Waals surface area contributed by atoms with E-state index in [-0.39, 0.29) is 5.75 Å². The molecule has 3 aliphatic rings. The van der Waals surface area contributed by atoms with Gasteiger partial charge in [0.05, 0.1) is 19.0 Å². The average molecular weight is 487 g/mol. The topological polar surface area (TPSA) is 111 Å². The van der Waals surface area contributed by atoms with E-state index in [4.69, 9.17) is 9.47 Å². The monoisotopic (exact) mass is 486 g/mol. The molecule has 182 valence electrons. The summed E-state index contributed by atoms with van der Waals surface area (Å²) in [5, 5.41) is 14.6. The number of benzene rings is 1. The lowest BCUT2D eigenvalue weighted by molar-refractivity contribution is -0.117. The molecule has 2 N–H and O–H groups in total. The zero-order chi connectivity index (χ0) is 23.5. The number of carbonyl (C=O) groups is 2. The highest BCUT2D eigenvalue weighted by Gasteiger charge is 2.32. The Morgan fingerprint density at radius 1 is 1.09 bits per heavy atom. The number of imide groups is 1. The molecular weight excluding hydrogens is 456 g/mol. The lowest BCUT2D eigenvalue weighted by atomic mass is 10.00. The highest BCUT2D eigenvalue weighted by molar-refractivity contribution is 7.99. The molecule has 2 aliphatic heterocycles. The number of aromatic nitrogens is 3. The van der Waals surface area contributed by atoms with Crippen LogP contribution >= 0.6 is 11.8 Å². The number of hydrogen-bond donors (Lipinski definition) is 2. The van der Waals surface area contributed by atoms with Crippen LogP contribution in [0.25, 0.3) is 0 Å². The van der Waals surface area contributed by atoms with Crippen molar-refractivity contribution in [3.63, 3.8) is 0 Å². The molecule has 0 radical (unpaired) electrons. The number of nitrogens with zero attached hydrogens (tertiary/aromatic N) is 4. The number of anilines is 2. The highest BCUT2D eigenvalue weighted by atomic mass is 32.2. The van der Waals surface area contributed by atoms with E-state index in [0.29, 0.717) is 36.4 Å². The highest BCUT2D eigenvalue weighted by Crippen LogP contribution is 2.41. The summed E-state index contributed by atoms with van der Waals surface area (Å²) in [5.74, 6) is 2.56. The molecule has 1 aliphatic carbocycles. The second kappa shape index (κ2) is 10.1. The standard InChI is InChI=1S/C23H30N6O4S/c1-15-7-9-28(10-8-15)22-26-27-23(29(22)17-4-5-17)34-14-20(30)25-21(31)24-16-3-6-18-19(13-16)33-12-2-11-32-18/h3,6,13,15,17H,2,4-5,7-12,14H2,1H3,(H2,24,25,30,31). The molecule has 2 aromatic rings. The normalized spacial score (nSPS) is 18.3. The number of fused-ring (bicyclic) bond motifs is 1. The lowest BCUT2D eigenvalue weighted by Crippen LogP contribution is -2.35. The zero-order valence-corrected chi connectivity index (χ0v) is 20.1. The van der Waals surface area contributed by atoms with E-state index in [1.54, 1.807) is 18.2 Å². The molecular formula is C23H30N6O4S. The van der Waals surface area contributed by atoms with E-state index in [1.807, 2.05) is 0 Å². The molecule has 0 unspecified atom stereocenters. The number of hydrogen-bond acceptors (Lipinski definition) is 8. The quantitative estimate of drug-likeness (QED) is 0.598. The number of ether oxygens (including phenoxy) is 2. The van der Waals surface area contributed by atoms with E-state index in [1.165, 1.54) is 11.8 Å². The van der Waals surface area contributed by atoms with Crippen LogP contribution in [0.3, 0.4) is 0 Å². The molecule has 3 heterocycles. The summed E-state index contributed by atoms with van der Waals surface area (Å²) >= 11 is 1.31. The van der Waals surface area contributed by atoms with E-state index in [9.17, 15) is 9.59 Å². The Labute approximate surface area is 202 Å². The van der Waals surface area contributed by atoms with Gasteiger partial charge in [-0.25, -0.2) is 4.79 Å². The van der Waals surface area contributed by atoms with Gasteiger partial charge >= 0.3 is 6.03 Å². The summed E-state index contributed by atoms with van der Waals surface area (Å²) < 4.78 is 13.4. The number of nitrogens with one attached hydrogen (secondary N) is 2. The molecule has 0 bridgehead atoms. The Hall–Kier alpha value is -2.95. The molecule has 1 saturated carbocycles. The second-order valence-corrected chi connectivity index (χ2v) is 10.00. The molecule has 1 aromatic heterocycles. The fourth-order valence-corrected chi connectivity index (χ4v) is 4.94. The third-order valence-electron chi connectivity index (χ3n) is 6.22. The van der Waals surface area contributed by atoms with Crippen LogP contribution in [0.4, 0.5) is 16.4 Å². The van der Waals surface area contributed by atoms with Gasteiger partial charge in [-0.1, -0.05) is 18.7 Å². The third-order valence-corrected chi connectivity index (χ3v) is 7.16. The second-order valence-electron chi connectivity index (χ2n) is 9.06. The average Bonchev–Trinajstić information content (AvgIpc) is 3.61. The van der Waals surface area contributed by atoms with E-state index >= 15 is 0 Å². The third kappa shape index (κ3) is 5.40. The predicted octanol–water partition coefficient (Wildman–Crippen LogP) is 3.45. The van der Waals surface area contributed by atoms with Crippen molar-refractivity contribution in [3.8, 4) is 11.5 Å². The number of rotatable bonds is 6. The van der Waals surface area contributed by atoms with Gasteiger partial charge in [-0.3, -0.25) is 14.7 Å². The van der Waals surface area contributed by atoms with Gasteiger partial charge in [0.2, 0.25) is 11.9 Å². The van der Waals surface area contributed by atoms with Crippen LogP contribution in [0.2, 0.25) is 0 Å². The first-order chi connectivity index (χ1) is 16.6. The van der Waals surface area contributed by atoms with Gasteiger partial charge in [0.15, 0.2) is 16.7 Å². The summed E-state index contributed by atoms with van der Waals surface area (Å²) in [5.41, 5.74) is 0.524.